The van der Waals surface area contributed by atoms with E-state index in [-0.39, 0.29) is 49.0 Å². The maximum atomic E-state index is 15.1. The molecule has 1 aliphatic carbocycles. The van der Waals surface area contributed by atoms with Crippen molar-refractivity contribution in [1.82, 2.24) is 15.5 Å². The molecule has 2 N–H and O–H groups in total. The molecule has 4 atom stereocenters. The van der Waals surface area contributed by atoms with Crippen LogP contribution in [0, 0.1) is 23.5 Å². The van der Waals surface area contributed by atoms with Crippen LogP contribution in [-0.4, -0.2) is 47.9 Å². The molecule has 3 heterocycles. The van der Waals surface area contributed by atoms with Crippen molar-refractivity contribution in [2.45, 2.75) is 43.8 Å². The molecule has 1 aromatic carbocycles. The molecule has 30 heavy (non-hydrogen) atoms. The van der Waals surface area contributed by atoms with E-state index < -0.39 is 41.3 Å². The highest BCUT2D eigenvalue weighted by atomic mass is 19.2. The summed E-state index contributed by atoms with van der Waals surface area (Å²) < 4.78 is 29.7. The number of carbonyl (C=O) groups is 4. The Labute approximate surface area is 171 Å². The zero-order chi connectivity index (χ0) is 21.2. The second kappa shape index (κ2) is 7.02. The number of amides is 2. The van der Waals surface area contributed by atoms with E-state index in [1.165, 1.54) is 4.90 Å². The Morgan fingerprint density at radius 3 is 2.53 bits per heavy atom. The van der Waals surface area contributed by atoms with Gasteiger partial charge in [-0.25, -0.2) is 8.78 Å². The van der Waals surface area contributed by atoms with Crippen LogP contribution < -0.4 is 10.6 Å². The number of hydrogen-bond acceptors (Lipinski definition) is 6. The van der Waals surface area contributed by atoms with Crippen molar-refractivity contribution in [2.75, 3.05) is 13.1 Å². The molecule has 4 unspecified atom stereocenters. The molecule has 2 bridgehead atoms. The minimum Gasteiger partial charge on any atom is -0.316 e. The SMILES string of the molecule is O=CC(=O)C1c2c(cc(F)c(F)c2C2C3CNCC2C3)CN1C1CCC(=O)NC1=O. The van der Waals surface area contributed by atoms with Crippen LogP contribution >= 0.6 is 0 Å². The second-order valence-corrected chi connectivity index (χ2v) is 8.66. The number of rotatable bonds is 4. The molecule has 4 aliphatic rings. The van der Waals surface area contributed by atoms with Gasteiger partial charge in [0, 0.05) is 18.5 Å². The third-order valence-electron chi connectivity index (χ3n) is 7.10. The number of halogens is 2. The van der Waals surface area contributed by atoms with E-state index in [0.717, 1.165) is 12.5 Å². The van der Waals surface area contributed by atoms with Gasteiger partial charge in [0.2, 0.25) is 17.6 Å². The van der Waals surface area contributed by atoms with Gasteiger partial charge in [0.05, 0.1) is 6.04 Å². The summed E-state index contributed by atoms with van der Waals surface area (Å²) in [6.45, 7) is 1.42. The van der Waals surface area contributed by atoms with Crippen molar-refractivity contribution in [3.8, 4) is 0 Å². The molecular weight excluding hydrogens is 396 g/mol. The number of hydrogen-bond donors (Lipinski definition) is 2. The van der Waals surface area contributed by atoms with Crippen LogP contribution in [0.1, 0.15) is 47.9 Å². The van der Waals surface area contributed by atoms with Gasteiger partial charge in [-0.1, -0.05) is 0 Å². The summed E-state index contributed by atoms with van der Waals surface area (Å²) in [6, 6.07) is -0.913. The van der Waals surface area contributed by atoms with Crippen LogP contribution in [0.3, 0.4) is 0 Å². The van der Waals surface area contributed by atoms with Gasteiger partial charge in [-0.15, -0.1) is 0 Å². The molecule has 5 rings (SSSR count). The van der Waals surface area contributed by atoms with Gasteiger partial charge in [-0.05, 0) is 60.9 Å². The smallest absolute Gasteiger partial charge is 0.243 e. The maximum absolute atomic E-state index is 15.1. The molecule has 7 nitrogen and oxygen atoms in total. The minimum atomic E-state index is -1.15. The highest BCUT2D eigenvalue weighted by Gasteiger charge is 2.51. The van der Waals surface area contributed by atoms with Gasteiger partial charge in [0.1, 0.15) is 6.04 Å². The van der Waals surface area contributed by atoms with E-state index in [1.54, 1.807) is 0 Å². The number of nitrogens with one attached hydrogen (secondary N) is 2. The Hall–Kier alpha value is -2.52. The summed E-state index contributed by atoms with van der Waals surface area (Å²) >= 11 is 0. The highest BCUT2D eigenvalue weighted by molar-refractivity contribution is 6.27. The zero-order valence-corrected chi connectivity index (χ0v) is 16.1. The monoisotopic (exact) mass is 417 g/mol. The van der Waals surface area contributed by atoms with E-state index in [4.69, 9.17) is 0 Å². The topological polar surface area (TPSA) is 95.6 Å². The molecule has 1 saturated carbocycles. The summed E-state index contributed by atoms with van der Waals surface area (Å²) in [5, 5.41) is 5.52. The largest absolute Gasteiger partial charge is 0.316 e. The van der Waals surface area contributed by atoms with Crippen molar-refractivity contribution in [3.05, 3.63) is 34.4 Å². The first-order valence-electron chi connectivity index (χ1n) is 10.2. The van der Waals surface area contributed by atoms with Crippen molar-refractivity contribution in [1.29, 1.82) is 0 Å². The Morgan fingerprint density at radius 1 is 1.17 bits per heavy atom. The number of fused-ring (bicyclic) bond motifs is 3. The minimum absolute atomic E-state index is 0.0381. The number of aldehydes is 1. The van der Waals surface area contributed by atoms with Gasteiger partial charge in [0.25, 0.3) is 0 Å². The molecule has 2 saturated heterocycles. The molecule has 158 valence electrons. The Balaban J connectivity index is 1.62. The van der Waals surface area contributed by atoms with Crippen molar-refractivity contribution in [2.24, 2.45) is 11.8 Å². The van der Waals surface area contributed by atoms with E-state index in [2.05, 4.69) is 10.6 Å². The summed E-state index contributed by atoms with van der Waals surface area (Å²) in [4.78, 5) is 49.7. The van der Waals surface area contributed by atoms with Crippen molar-refractivity contribution < 1.29 is 28.0 Å². The van der Waals surface area contributed by atoms with Crippen LogP contribution in [-0.2, 0) is 25.7 Å². The first-order chi connectivity index (χ1) is 14.4. The van der Waals surface area contributed by atoms with Gasteiger partial charge in [0.15, 0.2) is 17.9 Å². The fraction of sp³-hybridized carbons (Fsp3) is 0.524. The lowest BCUT2D eigenvalue weighted by Crippen LogP contribution is -2.53. The van der Waals surface area contributed by atoms with Gasteiger partial charge in [-0.3, -0.25) is 29.4 Å². The summed E-state index contributed by atoms with van der Waals surface area (Å²) in [5.41, 5.74) is 0.937. The van der Waals surface area contributed by atoms with Crippen LogP contribution in [0.2, 0.25) is 0 Å². The maximum Gasteiger partial charge on any atom is 0.243 e. The quantitative estimate of drug-likeness (QED) is 0.426. The number of piperidine rings is 3. The number of imide groups is 1. The average Bonchev–Trinajstić information content (AvgIpc) is 3.09. The van der Waals surface area contributed by atoms with E-state index in [9.17, 15) is 23.6 Å². The lowest BCUT2D eigenvalue weighted by molar-refractivity contribution is -0.141. The predicted molar refractivity (Wildman–Crippen MR) is 99.1 cm³/mol. The second-order valence-electron chi connectivity index (χ2n) is 8.66. The standard InChI is InChI=1S/C21H21F2N3O4/c22-12-4-11-7-26(13-1-2-15(29)25-21(13)30)20(14(28)8-27)17(11)18(19(12)23)16-9-3-10(16)6-24-5-9/h4,8-10,13,16,20,24H,1-3,5-7H2,(H,25,29,30). The Bertz CT molecular complexity index is 967. The van der Waals surface area contributed by atoms with Crippen LogP contribution in [0.15, 0.2) is 6.07 Å². The lowest BCUT2D eigenvalue weighted by atomic mass is 9.58. The molecule has 1 aromatic rings. The fourth-order valence-electron chi connectivity index (χ4n) is 5.82. The van der Waals surface area contributed by atoms with Gasteiger partial charge in [-0.2, -0.15) is 0 Å². The number of Topliss-reactive ketones (excluding diaryl/α,β-unsaturated/α-hetero) is 1. The lowest BCUT2D eigenvalue weighted by Gasteiger charge is -2.51. The first-order valence-corrected chi connectivity index (χ1v) is 10.2. The number of ketones is 1. The van der Waals surface area contributed by atoms with Gasteiger partial charge < -0.3 is 5.32 Å². The van der Waals surface area contributed by atoms with Crippen LogP contribution in [0.5, 0.6) is 0 Å². The number of benzene rings is 1. The van der Waals surface area contributed by atoms with E-state index in [1.807, 2.05) is 0 Å². The zero-order valence-electron chi connectivity index (χ0n) is 16.1. The van der Waals surface area contributed by atoms with E-state index in [0.29, 0.717) is 24.2 Å². The van der Waals surface area contributed by atoms with Crippen LogP contribution in [0.4, 0.5) is 8.78 Å². The fourth-order valence-corrected chi connectivity index (χ4v) is 5.82. The molecule has 0 spiro atoms. The van der Waals surface area contributed by atoms with E-state index >= 15 is 4.39 Å². The predicted octanol–water partition coefficient (Wildman–Crippen LogP) is 0.718. The third kappa shape index (κ3) is 2.75. The molecule has 0 radical (unpaired) electrons. The summed E-state index contributed by atoms with van der Waals surface area (Å²) in [7, 11) is 0. The molecule has 2 amide bonds. The van der Waals surface area contributed by atoms with Crippen LogP contribution in [0.25, 0.3) is 0 Å². The normalized spacial score (nSPS) is 32.9. The highest BCUT2D eigenvalue weighted by Crippen LogP contribution is 2.54. The first kappa shape index (κ1) is 19.4. The summed E-state index contributed by atoms with van der Waals surface area (Å²) in [6.07, 6.45) is 1.36. The van der Waals surface area contributed by atoms with Crippen molar-refractivity contribution >= 4 is 23.9 Å². The number of nitrogens with zero attached hydrogens (tertiary/aromatic N) is 1. The van der Waals surface area contributed by atoms with Gasteiger partial charge >= 0.3 is 0 Å². The molecule has 0 aromatic heterocycles. The number of carbonyl (C=O) groups excluding carboxylic acids is 4. The molecule has 3 aliphatic heterocycles. The molecule has 3 fully saturated rings. The third-order valence-corrected chi connectivity index (χ3v) is 7.10. The average molecular weight is 417 g/mol. The Morgan fingerprint density at radius 2 is 1.90 bits per heavy atom. The van der Waals surface area contributed by atoms with Crippen molar-refractivity contribution in [3.63, 3.8) is 0 Å². The Kier molecular flexibility index (Phi) is 4.55. The molecule has 9 heteroatoms. The molecular formula is C21H21F2N3O4. The summed E-state index contributed by atoms with van der Waals surface area (Å²) in [5.74, 6) is -3.66.